The molecule has 0 saturated heterocycles. The fraction of sp³-hybridized carbons (Fsp3) is 0.429. The Bertz CT molecular complexity index is 1200. The zero-order valence-corrected chi connectivity index (χ0v) is 21.5. The molecule has 1 fully saturated rings. The molecule has 0 aromatic heterocycles. The number of nitrogens with one attached hydrogen (secondary N) is 2. The highest BCUT2D eigenvalue weighted by Crippen LogP contribution is 2.38. The molecule has 3 amide bonds. The molecule has 1 heterocycles. The van der Waals surface area contributed by atoms with Gasteiger partial charge >= 0.3 is 12.0 Å². The van der Waals surface area contributed by atoms with Crippen molar-refractivity contribution in [1.29, 1.82) is 0 Å². The van der Waals surface area contributed by atoms with E-state index < -0.39 is 23.5 Å². The number of carbonyl (C=O) groups is 4. The molecule has 9 heteroatoms. The van der Waals surface area contributed by atoms with Gasteiger partial charge in [0, 0.05) is 23.7 Å². The second-order valence-corrected chi connectivity index (χ2v) is 10.7. The largest absolute Gasteiger partial charge is 0.478 e. The minimum absolute atomic E-state index is 0.0399. The number of carbonyl (C=O) groups excluding carboxylic acids is 3. The van der Waals surface area contributed by atoms with Gasteiger partial charge in [-0.05, 0) is 43.2 Å². The van der Waals surface area contributed by atoms with Crippen LogP contribution in [0.15, 0.2) is 48.5 Å². The summed E-state index contributed by atoms with van der Waals surface area (Å²) in [6, 6.07) is 12.2. The molecule has 1 saturated carbocycles. The van der Waals surface area contributed by atoms with Gasteiger partial charge in [0.2, 0.25) is 0 Å². The molecule has 1 atom stereocenters. The Hall–Kier alpha value is -3.88. The Morgan fingerprint density at radius 3 is 2.32 bits per heavy atom. The first kappa shape index (κ1) is 26.2. The molecular weight excluding hydrogens is 472 g/mol. The summed E-state index contributed by atoms with van der Waals surface area (Å²) in [5, 5.41) is 14.7. The summed E-state index contributed by atoms with van der Waals surface area (Å²) in [5.41, 5.74) is 1.24. The standard InChI is InChI=1S/C28H34N4O5/c1-28(2,3)24(33)17-32-23-14-7-6-13-22(23)31(20-11-4-5-12-20)16-21(25(32)34)30-27(37)29-19-10-8-9-18(15-19)26(35)36/h6-10,13-15,20-21H,4-5,11-12,16-17H2,1-3H3,(H,35,36)(H2,29,30,37). The van der Waals surface area contributed by atoms with E-state index in [4.69, 9.17) is 0 Å². The molecule has 1 aliphatic heterocycles. The van der Waals surface area contributed by atoms with Gasteiger partial charge in [0.15, 0.2) is 5.78 Å². The SMILES string of the molecule is CC(C)(C)C(=O)CN1C(=O)C(NC(=O)Nc2cccc(C(=O)O)c2)CN(C2CCCC2)c2ccccc21. The maximum atomic E-state index is 13.9. The third kappa shape index (κ3) is 5.93. The lowest BCUT2D eigenvalue weighted by Gasteiger charge is -2.32. The van der Waals surface area contributed by atoms with Gasteiger partial charge in [-0.25, -0.2) is 9.59 Å². The van der Waals surface area contributed by atoms with Crippen LogP contribution < -0.4 is 20.4 Å². The zero-order chi connectivity index (χ0) is 26.7. The third-order valence-corrected chi connectivity index (χ3v) is 7.00. The lowest BCUT2D eigenvalue weighted by molar-refractivity contribution is -0.127. The topological polar surface area (TPSA) is 119 Å². The van der Waals surface area contributed by atoms with Crippen LogP contribution in [-0.2, 0) is 9.59 Å². The lowest BCUT2D eigenvalue weighted by atomic mass is 9.90. The Morgan fingerprint density at radius 1 is 1.00 bits per heavy atom. The molecule has 196 valence electrons. The number of para-hydroxylation sites is 2. The van der Waals surface area contributed by atoms with Crippen LogP contribution in [0.5, 0.6) is 0 Å². The number of benzene rings is 2. The number of nitrogens with zero attached hydrogens (tertiary/aromatic N) is 2. The predicted molar refractivity (Wildman–Crippen MR) is 142 cm³/mol. The van der Waals surface area contributed by atoms with Crippen molar-refractivity contribution in [3.8, 4) is 0 Å². The minimum Gasteiger partial charge on any atom is -0.478 e. The molecule has 2 aromatic rings. The number of carboxylic acid groups (broad SMARTS) is 1. The molecule has 0 spiro atoms. The molecule has 0 radical (unpaired) electrons. The van der Waals surface area contributed by atoms with Crippen LogP contribution in [0.1, 0.15) is 56.8 Å². The van der Waals surface area contributed by atoms with Gasteiger partial charge in [-0.3, -0.25) is 9.59 Å². The second-order valence-electron chi connectivity index (χ2n) is 10.7. The summed E-state index contributed by atoms with van der Waals surface area (Å²) >= 11 is 0. The van der Waals surface area contributed by atoms with E-state index in [0.29, 0.717) is 11.4 Å². The summed E-state index contributed by atoms with van der Waals surface area (Å²) in [4.78, 5) is 54.9. The lowest BCUT2D eigenvalue weighted by Crippen LogP contribution is -2.55. The van der Waals surface area contributed by atoms with Crippen LogP contribution in [0.4, 0.5) is 21.9 Å². The first-order valence-corrected chi connectivity index (χ1v) is 12.7. The number of anilines is 3. The quantitative estimate of drug-likeness (QED) is 0.538. The summed E-state index contributed by atoms with van der Waals surface area (Å²) < 4.78 is 0. The van der Waals surface area contributed by atoms with Gasteiger partial charge in [-0.1, -0.05) is 51.8 Å². The molecule has 0 bridgehead atoms. The van der Waals surface area contributed by atoms with Gasteiger partial charge in [0.1, 0.15) is 6.04 Å². The molecule has 4 rings (SSSR count). The summed E-state index contributed by atoms with van der Waals surface area (Å²) in [6.45, 7) is 5.63. The van der Waals surface area contributed by atoms with Crippen molar-refractivity contribution in [2.75, 3.05) is 28.2 Å². The molecule has 9 nitrogen and oxygen atoms in total. The number of Topliss-reactive ketones (excluding diaryl/α,β-unsaturated/α-hetero) is 1. The van der Waals surface area contributed by atoms with E-state index in [0.717, 1.165) is 31.4 Å². The molecule has 2 aromatic carbocycles. The van der Waals surface area contributed by atoms with E-state index in [2.05, 4.69) is 15.5 Å². The maximum absolute atomic E-state index is 13.9. The Kier molecular flexibility index (Phi) is 7.52. The van der Waals surface area contributed by atoms with Gasteiger partial charge in [0.05, 0.1) is 23.5 Å². The highest BCUT2D eigenvalue weighted by molar-refractivity contribution is 6.08. The monoisotopic (exact) mass is 506 g/mol. The molecular formula is C28H34N4O5. The van der Waals surface area contributed by atoms with E-state index in [-0.39, 0.29) is 36.4 Å². The smallest absolute Gasteiger partial charge is 0.335 e. The Morgan fingerprint density at radius 2 is 1.68 bits per heavy atom. The highest BCUT2D eigenvalue weighted by Gasteiger charge is 2.39. The summed E-state index contributed by atoms with van der Waals surface area (Å²) in [5.74, 6) is -1.55. The third-order valence-electron chi connectivity index (χ3n) is 7.00. The van der Waals surface area contributed by atoms with Crippen molar-refractivity contribution in [2.45, 2.75) is 58.5 Å². The van der Waals surface area contributed by atoms with Crippen LogP contribution in [0.3, 0.4) is 0 Å². The Labute approximate surface area is 216 Å². The predicted octanol–water partition coefficient (Wildman–Crippen LogP) is 4.29. The van der Waals surface area contributed by atoms with E-state index in [1.165, 1.54) is 23.1 Å². The van der Waals surface area contributed by atoms with E-state index in [9.17, 15) is 24.3 Å². The van der Waals surface area contributed by atoms with Gasteiger partial charge in [-0.15, -0.1) is 0 Å². The molecule has 1 unspecified atom stereocenters. The van der Waals surface area contributed by atoms with E-state index in [1.54, 1.807) is 6.07 Å². The van der Waals surface area contributed by atoms with Crippen LogP contribution >= 0.6 is 0 Å². The molecule has 37 heavy (non-hydrogen) atoms. The van der Waals surface area contributed by atoms with Crippen LogP contribution in [-0.4, -0.2) is 54.0 Å². The van der Waals surface area contributed by atoms with Crippen LogP contribution in [0.25, 0.3) is 0 Å². The average Bonchev–Trinajstić information content (AvgIpc) is 3.35. The minimum atomic E-state index is -1.10. The normalized spacial score (nSPS) is 18.2. The Balaban J connectivity index is 1.65. The number of urea groups is 1. The van der Waals surface area contributed by atoms with E-state index >= 15 is 0 Å². The van der Waals surface area contributed by atoms with Crippen molar-refractivity contribution in [2.24, 2.45) is 5.41 Å². The van der Waals surface area contributed by atoms with Crippen molar-refractivity contribution >= 4 is 40.8 Å². The first-order chi connectivity index (χ1) is 17.5. The van der Waals surface area contributed by atoms with Gasteiger partial charge in [0.25, 0.3) is 5.91 Å². The van der Waals surface area contributed by atoms with Crippen molar-refractivity contribution in [3.05, 3.63) is 54.1 Å². The number of amides is 3. The first-order valence-electron chi connectivity index (χ1n) is 12.7. The molecule has 1 aliphatic carbocycles. The molecule has 3 N–H and O–H groups in total. The van der Waals surface area contributed by atoms with Crippen molar-refractivity contribution in [1.82, 2.24) is 5.32 Å². The highest BCUT2D eigenvalue weighted by atomic mass is 16.4. The van der Waals surface area contributed by atoms with Crippen molar-refractivity contribution in [3.63, 3.8) is 0 Å². The summed E-state index contributed by atoms with van der Waals surface area (Å²) in [6.07, 6.45) is 4.18. The molecule has 2 aliphatic rings. The van der Waals surface area contributed by atoms with E-state index in [1.807, 2.05) is 45.0 Å². The second kappa shape index (κ2) is 10.6. The number of ketones is 1. The number of rotatable bonds is 6. The van der Waals surface area contributed by atoms with Gasteiger partial charge < -0.3 is 25.5 Å². The number of hydrogen-bond acceptors (Lipinski definition) is 5. The van der Waals surface area contributed by atoms with Crippen LogP contribution in [0, 0.1) is 5.41 Å². The number of aromatic carboxylic acids is 1. The zero-order valence-electron chi connectivity index (χ0n) is 21.5. The van der Waals surface area contributed by atoms with Gasteiger partial charge in [-0.2, -0.15) is 0 Å². The number of carboxylic acids is 1. The fourth-order valence-corrected chi connectivity index (χ4v) is 4.88. The number of hydrogen-bond donors (Lipinski definition) is 3. The van der Waals surface area contributed by atoms with Crippen molar-refractivity contribution < 1.29 is 24.3 Å². The average molecular weight is 507 g/mol. The summed E-state index contributed by atoms with van der Waals surface area (Å²) in [7, 11) is 0. The fourth-order valence-electron chi connectivity index (χ4n) is 4.88. The number of fused-ring (bicyclic) bond motifs is 1. The maximum Gasteiger partial charge on any atom is 0.335 e. The van der Waals surface area contributed by atoms with Crippen LogP contribution in [0.2, 0.25) is 0 Å².